The Balaban J connectivity index is 2.48. The first-order valence-electron chi connectivity index (χ1n) is 6.03. The van der Waals surface area contributed by atoms with Gasteiger partial charge in [0, 0.05) is 19.0 Å². The molecule has 1 rings (SSSR count). The Labute approximate surface area is 103 Å². The zero-order valence-electron chi connectivity index (χ0n) is 11.4. The van der Waals surface area contributed by atoms with Crippen LogP contribution in [0, 0.1) is 5.92 Å². The van der Waals surface area contributed by atoms with Gasteiger partial charge in [0.05, 0.1) is 0 Å². The lowest BCUT2D eigenvalue weighted by Gasteiger charge is -2.26. The van der Waals surface area contributed by atoms with Crippen LogP contribution in [-0.4, -0.2) is 60.0 Å². The lowest BCUT2D eigenvalue weighted by Crippen LogP contribution is -2.39. The number of amides is 1. The summed E-state index contributed by atoms with van der Waals surface area (Å²) in [5.74, 6) is 0.109. The van der Waals surface area contributed by atoms with Crippen molar-refractivity contribution in [2.24, 2.45) is 5.92 Å². The molecule has 0 saturated carbocycles. The number of likely N-dealkylation sites (tertiary alicyclic amines) is 1. The van der Waals surface area contributed by atoms with Crippen molar-refractivity contribution in [3.8, 4) is 0 Å². The van der Waals surface area contributed by atoms with E-state index in [1.807, 2.05) is 34.9 Å². The standard InChI is InChI=1S/C12H24N2O3/c1-12(2,3)17-11(16)14-7-6-9(8-14)10(15)13(4)5/h9-10,15H,6-8H2,1-5H3/t9?,10-/m0/s1. The van der Waals surface area contributed by atoms with E-state index in [1.165, 1.54) is 0 Å². The Hall–Kier alpha value is -0.810. The molecule has 1 aliphatic heterocycles. The molecule has 5 heteroatoms. The second-order valence-electron chi connectivity index (χ2n) is 5.85. The summed E-state index contributed by atoms with van der Waals surface area (Å²) in [6, 6.07) is 0. The zero-order chi connectivity index (χ0) is 13.2. The summed E-state index contributed by atoms with van der Waals surface area (Å²) in [7, 11) is 3.67. The number of ether oxygens (including phenoxy) is 1. The summed E-state index contributed by atoms with van der Waals surface area (Å²) in [5.41, 5.74) is -0.463. The summed E-state index contributed by atoms with van der Waals surface area (Å²) < 4.78 is 5.30. The Bertz CT molecular complexity index is 273. The van der Waals surface area contributed by atoms with Gasteiger partial charge in [0.2, 0.25) is 0 Å². The second kappa shape index (κ2) is 5.23. The van der Waals surface area contributed by atoms with E-state index in [9.17, 15) is 9.90 Å². The van der Waals surface area contributed by atoms with Gasteiger partial charge < -0.3 is 14.7 Å². The van der Waals surface area contributed by atoms with Gasteiger partial charge in [0.25, 0.3) is 0 Å². The van der Waals surface area contributed by atoms with Crippen LogP contribution in [0.1, 0.15) is 27.2 Å². The van der Waals surface area contributed by atoms with Crippen LogP contribution in [0.15, 0.2) is 0 Å². The van der Waals surface area contributed by atoms with Gasteiger partial charge in [-0.25, -0.2) is 4.79 Å². The van der Waals surface area contributed by atoms with Crippen molar-refractivity contribution in [1.29, 1.82) is 0 Å². The molecule has 0 aliphatic carbocycles. The van der Waals surface area contributed by atoms with E-state index in [4.69, 9.17) is 4.74 Å². The molecule has 100 valence electrons. The van der Waals surface area contributed by atoms with E-state index in [0.29, 0.717) is 13.1 Å². The Morgan fingerprint density at radius 3 is 2.53 bits per heavy atom. The maximum atomic E-state index is 11.8. The van der Waals surface area contributed by atoms with Gasteiger partial charge in [-0.1, -0.05) is 0 Å². The minimum Gasteiger partial charge on any atom is -0.444 e. The van der Waals surface area contributed by atoms with Gasteiger partial charge in [-0.15, -0.1) is 0 Å². The fourth-order valence-electron chi connectivity index (χ4n) is 1.94. The maximum absolute atomic E-state index is 11.8. The topological polar surface area (TPSA) is 53.0 Å². The highest BCUT2D eigenvalue weighted by molar-refractivity contribution is 5.68. The van der Waals surface area contributed by atoms with Crippen molar-refractivity contribution in [1.82, 2.24) is 9.80 Å². The predicted molar refractivity (Wildman–Crippen MR) is 65.6 cm³/mol. The summed E-state index contributed by atoms with van der Waals surface area (Å²) >= 11 is 0. The summed E-state index contributed by atoms with van der Waals surface area (Å²) in [5, 5.41) is 9.91. The molecule has 0 spiro atoms. The Morgan fingerprint density at radius 1 is 1.47 bits per heavy atom. The van der Waals surface area contributed by atoms with Crippen LogP contribution in [0.2, 0.25) is 0 Å². The molecule has 0 aromatic carbocycles. The first-order chi connectivity index (χ1) is 7.70. The highest BCUT2D eigenvalue weighted by Gasteiger charge is 2.33. The third kappa shape index (κ3) is 4.16. The smallest absolute Gasteiger partial charge is 0.410 e. The molecule has 1 fully saturated rings. The number of rotatable bonds is 2. The van der Waals surface area contributed by atoms with Crippen LogP contribution in [0.4, 0.5) is 4.79 Å². The number of nitrogens with zero attached hydrogens (tertiary/aromatic N) is 2. The average Bonchev–Trinajstić information content (AvgIpc) is 2.62. The van der Waals surface area contributed by atoms with Crippen LogP contribution >= 0.6 is 0 Å². The molecule has 0 aromatic heterocycles. The average molecular weight is 244 g/mol. The number of carbonyl (C=O) groups excluding carboxylic acids is 1. The zero-order valence-corrected chi connectivity index (χ0v) is 11.4. The Morgan fingerprint density at radius 2 is 2.06 bits per heavy atom. The normalized spacial score (nSPS) is 23.0. The van der Waals surface area contributed by atoms with Crippen LogP contribution in [0.3, 0.4) is 0 Å². The largest absolute Gasteiger partial charge is 0.444 e. The minimum atomic E-state index is -0.498. The first kappa shape index (κ1) is 14.3. The van der Waals surface area contributed by atoms with Gasteiger partial charge >= 0.3 is 6.09 Å². The van der Waals surface area contributed by atoms with Crippen molar-refractivity contribution < 1.29 is 14.6 Å². The van der Waals surface area contributed by atoms with Crippen LogP contribution < -0.4 is 0 Å². The number of carbonyl (C=O) groups is 1. The highest BCUT2D eigenvalue weighted by atomic mass is 16.6. The molecule has 0 bridgehead atoms. The maximum Gasteiger partial charge on any atom is 0.410 e. The van der Waals surface area contributed by atoms with Crippen molar-refractivity contribution >= 4 is 6.09 Å². The molecule has 1 aliphatic rings. The molecule has 1 amide bonds. The predicted octanol–water partition coefficient (Wildman–Crippen LogP) is 1.12. The molecule has 2 atom stereocenters. The van der Waals surface area contributed by atoms with Crippen molar-refractivity contribution in [3.63, 3.8) is 0 Å². The lowest BCUT2D eigenvalue weighted by molar-refractivity contribution is -0.00930. The van der Waals surface area contributed by atoms with E-state index in [0.717, 1.165) is 6.42 Å². The SMILES string of the molecule is CN(C)[C@@H](O)C1CCN(C(=O)OC(C)(C)C)C1. The quantitative estimate of drug-likeness (QED) is 0.740. The summed E-state index contributed by atoms with van der Waals surface area (Å²) in [6.07, 6.45) is 0.0341. The molecule has 1 saturated heterocycles. The van der Waals surface area contributed by atoms with Gasteiger partial charge in [-0.3, -0.25) is 4.90 Å². The van der Waals surface area contributed by atoms with Gasteiger partial charge in [-0.2, -0.15) is 0 Å². The fraction of sp³-hybridized carbons (Fsp3) is 0.917. The van der Waals surface area contributed by atoms with E-state index in [2.05, 4.69) is 0 Å². The minimum absolute atomic E-state index is 0.109. The van der Waals surface area contributed by atoms with Crippen LogP contribution in [0.25, 0.3) is 0 Å². The van der Waals surface area contributed by atoms with Crippen LogP contribution in [-0.2, 0) is 4.74 Å². The molecule has 1 unspecified atom stereocenters. The van der Waals surface area contributed by atoms with E-state index in [1.54, 1.807) is 9.80 Å². The molecule has 1 N–H and O–H groups in total. The number of aliphatic hydroxyl groups is 1. The van der Waals surface area contributed by atoms with Crippen molar-refractivity contribution in [3.05, 3.63) is 0 Å². The molecule has 1 heterocycles. The van der Waals surface area contributed by atoms with Gasteiger partial charge in [-0.05, 0) is 41.3 Å². The van der Waals surface area contributed by atoms with Gasteiger partial charge in [0.15, 0.2) is 0 Å². The Kier molecular flexibility index (Phi) is 4.38. The molecule has 17 heavy (non-hydrogen) atoms. The van der Waals surface area contributed by atoms with Crippen molar-refractivity contribution in [2.45, 2.75) is 39.0 Å². The fourth-order valence-corrected chi connectivity index (χ4v) is 1.94. The van der Waals surface area contributed by atoms with Gasteiger partial charge in [0.1, 0.15) is 11.8 Å². The summed E-state index contributed by atoms with van der Waals surface area (Å²) in [6.45, 7) is 6.78. The second-order valence-corrected chi connectivity index (χ2v) is 5.85. The number of hydrogen-bond acceptors (Lipinski definition) is 4. The van der Waals surface area contributed by atoms with Crippen LogP contribution in [0.5, 0.6) is 0 Å². The lowest BCUT2D eigenvalue weighted by atomic mass is 10.1. The molecule has 0 aromatic rings. The summed E-state index contributed by atoms with van der Waals surface area (Å²) in [4.78, 5) is 15.2. The van der Waals surface area contributed by atoms with E-state index in [-0.39, 0.29) is 12.0 Å². The molecular formula is C12H24N2O3. The first-order valence-corrected chi connectivity index (χ1v) is 6.03. The number of hydrogen-bond donors (Lipinski definition) is 1. The van der Waals surface area contributed by atoms with E-state index >= 15 is 0 Å². The highest BCUT2D eigenvalue weighted by Crippen LogP contribution is 2.22. The third-order valence-corrected chi connectivity index (χ3v) is 2.83. The molecular weight excluding hydrogens is 220 g/mol. The molecule has 0 radical (unpaired) electrons. The molecule has 5 nitrogen and oxygen atoms in total. The van der Waals surface area contributed by atoms with Crippen molar-refractivity contribution in [2.75, 3.05) is 27.2 Å². The monoisotopic (exact) mass is 244 g/mol. The van der Waals surface area contributed by atoms with E-state index < -0.39 is 11.8 Å². The third-order valence-electron chi connectivity index (χ3n) is 2.83. The number of aliphatic hydroxyl groups excluding tert-OH is 1.